The standard InChI is InChI=1S/C15H23N3O3/c1-11-5-4-6-12(2)17(11)16-10-13-7-14(18(19)20)9-15(8-13)21-3/h7-9,11-12,16H,4-6,10H2,1-3H3. The molecule has 0 bridgehead atoms. The molecule has 1 N–H and O–H groups in total. The van der Waals surface area contributed by atoms with Gasteiger partial charge in [-0.2, -0.15) is 0 Å². The van der Waals surface area contributed by atoms with Crippen LogP contribution in [-0.4, -0.2) is 29.1 Å². The monoisotopic (exact) mass is 293 g/mol. The summed E-state index contributed by atoms with van der Waals surface area (Å²) in [7, 11) is 1.52. The minimum absolute atomic E-state index is 0.0610. The predicted octanol–water partition coefficient (Wildman–Crippen LogP) is 2.87. The van der Waals surface area contributed by atoms with E-state index in [1.54, 1.807) is 6.07 Å². The van der Waals surface area contributed by atoms with Crippen molar-refractivity contribution in [3.8, 4) is 5.75 Å². The highest BCUT2D eigenvalue weighted by Crippen LogP contribution is 2.24. The molecule has 0 radical (unpaired) electrons. The number of nitrogens with zero attached hydrogens (tertiary/aromatic N) is 2. The van der Waals surface area contributed by atoms with Crippen molar-refractivity contribution >= 4 is 5.69 Å². The van der Waals surface area contributed by atoms with Gasteiger partial charge in [0.1, 0.15) is 5.75 Å². The fourth-order valence-corrected chi connectivity index (χ4v) is 2.88. The molecule has 1 fully saturated rings. The zero-order chi connectivity index (χ0) is 15.4. The van der Waals surface area contributed by atoms with Gasteiger partial charge in [-0.05, 0) is 38.3 Å². The SMILES string of the molecule is COc1cc(CNN2C(C)CCCC2C)cc([N+](=O)[O-])c1. The average molecular weight is 293 g/mol. The molecule has 2 rings (SSSR count). The molecular weight excluding hydrogens is 270 g/mol. The lowest BCUT2D eigenvalue weighted by Crippen LogP contribution is -2.51. The third kappa shape index (κ3) is 3.92. The van der Waals surface area contributed by atoms with E-state index in [-0.39, 0.29) is 5.69 Å². The number of piperidine rings is 1. The number of rotatable bonds is 5. The van der Waals surface area contributed by atoms with Crippen LogP contribution < -0.4 is 10.2 Å². The molecule has 0 amide bonds. The van der Waals surface area contributed by atoms with E-state index in [9.17, 15) is 10.1 Å². The number of nitro groups is 1. The fraction of sp³-hybridized carbons (Fsp3) is 0.600. The molecule has 1 aliphatic heterocycles. The quantitative estimate of drug-likeness (QED) is 0.668. The van der Waals surface area contributed by atoms with E-state index in [0.717, 1.165) is 5.56 Å². The molecule has 116 valence electrons. The van der Waals surface area contributed by atoms with Crippen molar-refractivity contribution in [3.05, 3.63) is 33.9 Å². The summed E-state index contributed by atoms with van der Waals surface area (Å²) in [6, 6.07) is 5.83. The summed E-state index contributed by atoms with van der Waals surface area (Å²) < 4.78 is 5.13. The largest absolute Gasteiger partial charge is 0.496 e. The lowest BCUT2D eigenvalue weighted by Gasteiger charge is -2.39. The summed E-state index contributed by atoms with van der Waals surface area (Å²) in [5.41, 5.74) is 4.32. The Kier molecular flexibility index (Phi) is 5.14. The van der Waals surface area contributed by atoms with E-state index in [1.807, 2.05) is 6.07 Å². The molecular formula is C15H23N3O3. The van der Waals surface area contributed by atoms with Crippen molar-refractivity contribution in [2.24, 2.45) is 0 Å². The minimum atomic E-state index is -0.391. The van der Waals surface area contributed by atoms with Gasteiger partial charge in [0.2, 0.25) is 0 Å². The molecule has 0 aliphatic carbocycles. The van der Waals surface area contributed by atoms with E-state index in [4.69, 9.17) is 4.74 Å². The molecule has 6 heteroatoms. The Morgan fingerprint density at radius 3 is 2.57 bits per heavy atom. The molecule has 0 aromatic heterocycles. The van der Waals surface area contributed by atoms with Crippen molar-refractivity contribution in [2.45, 2.75) is 51.7 Å². The van der Waals surface area contributed by atoms with Gasteiger partial charge >= 0.3 is 0 Å². The number of hydrogen-bond acceptors (Lipinski definition) is 5. The van der Waals surface area contributed by atoms with Gasteiger partial charge in [0.15, 0.2) is 0 Å². The van der Waals surface area contributed by atoms with Crippen LogP contribution in [0.15, 0.2) is 18.2 Å². The molecule has 21 heavy (non-hydrogen) atoms. The van der Waals surface area contributed by atoms with E-state index in [2.05, 4.69) is 24.3 Å². The van der Waals surface area contributed by atoms with Gasteiger partial charge in [0.05, 0.1) is 18.1 Å². The highest BCUT2D eigenvalue weighted by Gasteiger charge is 2.24. The summed E-state index contributed by atoms with van der Waals surface area (Å²) in [5.74, 6) is 0.515. The van der Waals surface area contributed by atoms with E-state index in [1.165, 1.54) is 32.4 Å². The maximum absolute atomic E-state index is 11.0. The Hall–Kier alpha value is -1.66. The van der Waals surface area contributed by atoms with Gasteiger partial charge in [-0.15, -0.1) is 0 Å². The smallest absolute Gasteiger partial charge is 0.273 e. The van der Waals surface area contributed by atoms with Crippen LogP contribution in [0.3, 0.4) is 0 Å². The Labute approximate surface area is 125 Å². The van der Waals surface area contributed by atoms with Crippen LogP contribution in [0.2, 0.25) is 0 Å². The summed E-state index contributed by atoms with van der Waals surface area (Å²) in [5, 5.41) is 13.2. The highest BCUT2D eigenvalue weighted by molar-refractivity contribution is 5.42. The summed E-state index contributed by atoms with van der Waals surface area (Å²) in [6.45, 7) is 4.97. The van der Waals surface area contributed by atoms with Crippen molar-refractivity contribution in [1.82, 2.24) is 10.4 Å². The van der Waals surface area contributed by atoms with Crippen LogP contribution in [-0.2, 0) is 6.54 Å². The van der Waals surface area contributed by atoms with Gasteiger partial charge in [-0.1, -0.05) is 6.42 Å². The summed E-state index contributed by atoms with van der Waals surface area (Å²) in [6.07, 6.45) is 3.61. The van der Waals surface area contributed by atoms with Crippen LogP contribution in [0.1, 0.15) is 38.7 Å². The molecule has 1 aromatic rings. The Balaban J connectivity index is 2.08. The highest BCUT2D eigenvalue weighted by atomic mass is 16.6. The lowest BCUT2D eigenvalue weighted by molar-refractivity contribution is -0.385. The second-order valence-corrected chi connectivity index (χ2v) is 5.67. The zero-order valence-electron chi connectivity index (χ0n) is 12.8. The van der Waals surface area contributed by atoms with E-state index in [0.29, 0.717) is 24.4 Å². The minimum Gasteiger partial charge on any atom is -0.496 e. The first-order valence-corrected chi connectivity index (χ1v) is 7.35. The summed E-state index contributed by atoms with van der Waals surface area (Å²) in [4.78, 5) is 10.6. The number of non-ortho nitro benzene ring substituents is 1. The van der Waals surface area contributed by atoms with Crippen molar-refractivity contribution in [1.29, 1.82) is 0 Å². The molecule has 1 saturated heterocycles. The second kappa shape index (κ2) is 6.87. The maximum atomic E-state index is 11.0. The van der Waals surface area contributed by atoms with Crippen molar-refractivity contribution in [3.63, 3.8) is 0 Å². The predicted molar refractivity (Wildman–Crippen MR) is 81.1 cm³/mol. The molecule has 2 atom stereocenters. The molecule has 2 unspecified atom stereocenters. The Morgan fingerprint density at radius 1 is 1.33 bits per heavy atom. The normalized spacial score (nSPS) is 23.0. The van der Waals surface area contributed by atoms with Gasteiger partial charge in [-0.25, -0.2) is 5.01 Å². The molecule has 1 aromatic carbocycles. The Bertz CT molecular complexity index is 497. The number of hydrazine groups is 1. The van der Waals surface area contributed by atoms with E-state index < -0.39 is 4.92 Å². The van der Waals surface area contributed by atoms with Gasteiger partial charge in [0.25, 0.3) is 5.69 Å². The molecule has 0 spiro atoms. The zero-order valence-corrected chi connectivity index (χ0v) is 12.8. The van der Waals surface area contributed by atoms with Crippen molar-refractivity contribution < 1.29 is 9.66 Å². The molecule has 6 nitrogen and oxygen atoms in total. The van der Waals surface area contributed by atoms with Crippen LogP contribution in [0.25, 0.3) is 0 Å². The third-order valence-corrected chi connectivity index (χ3v) is 4.06. The summed E-state index contributed by atoms with van der Waals surface area (Å²) >= 11 is 0. The topological polar surface area (TPSA) is 67.6 Å². The van der Waals surface area contributed by atoms with Gasteiger partial charge < -0.3 is 4.74 Å². The van der Waals surface area contributed by atoms with Gasteiger partial charge in [-0.3, -0.25) is 15.5 Å². The first-order chi connectivity index (χ1) is 10.0. The van der Waals surface area contributed by atoms with E-state index >= 15 is 0 Å². The van der Waals surface area contributed by atoms with Crippen LogP contribution in [0.5, 0.6) is 5.75 Å². The molecule has 1 heterocycles. The lowest BCUT2D eigenvalue weighted by atomic mass is 10.00. The van der Waals surface area contributed by atoms with Gasteiger partial charge in [0, 0.05) is 24.7 Å². The Morgan fingerprint density at radius 2 is 2.00 bits per heavy atom. The van der Waals surface area contributed by atoms with Crippen LogP contribution >= 0.6 is 0 Å². The number of hydrogen-bond donors (Lipinski definition) is 1. The molecule has 1 aliphatic rings. The maximum Gasteiger partial charge on any atom is 0.273 e. The average Bonchev–Trinajstić information content (AvgIpc) is 2.46. The number of methoxy groups -OCH3 is 1. The number of nitro benzene ring substituents is 1. The van der Waals surface area contributed by atoms with Crippen LogP contribution in [0, 0.1) is 10.1 Å². The first kappa shape index (κ1) is 15.7. The van der Waals surface area contributed by atoms with Crippen molar-refractivity contribution in [2.75, 3.05) is 7.11 Å². The third-order valence-electron chi connectivity index (χ3n) is 4.06. The second-order valence-electron chi connectivity index (χ2n) is 5.67. The molecule has 0 saturated carbocycles. The fourth-order valence-electron chi connectivity index (χ4n) is 2.88. The van der Waals surface area contributed by atoms with Crippen LogP contribution in [0.4, 0.5) is 5.69 Å². The number of benzene rings is 1. The first-order valence-electron chi connectivity index (χ1n) is 7.35. The number of nitrogens with one attached hydrogen (secondary N) is 1. The number of ether oxygens (including phenoxy) is 1.